The van der Waals surface area contributed by atoms with Gasteiger partial charge in [0, 0.05) is 42.0 Å². The van der Waals surface area contributed by atoms with E-state index in [1.807, 2.05) is 43.3 Å². The Bertz CT molecular complexity index is 3680. The van der Waals surface area contributed by atoms with E-state index >= 15 is 0 Å². The molecule has 0 bridgehead atoms. The monoisotopic (exact) mass is 1410 g/mol. The molecule has 6 aromatic rings. The molecule has 29 heteroatoms. The predicted molar refractivity (Wildman–Crippen MR) is 359 cm³/mol. The zero-order valence-electron chi connectivity index (χ0n) is 54.5. The first kappa shape index (κ1) is 73.5. The molecular formula is C67H85Cl2FN10O14S2. The number of hydrogen-bond donors (Lipinski definition) is 6. The molecule has 6 heterocycles. The lowest BCUT2D eigenvalue weighted by Crippen LogP contribution is -2.55. The zero-order valence-corrected chi connectivity index (χ0v) is 57.6. The molecule has 0 spiro atoms. The largest absolute Gasteiger partial charge is 0.434 e. The Morgan fingerprint density at radius 2 is 0.990 bits per heavy atom. The van der Waals surface area contributed by atoms with Gasteiger partial charge in [-0.25, -0.2) is 40.6 Å². The van der Waals surface area contributed by atoms with E-state index in [0.717, 1.165) is 87.1 Å². The molecule has 6 N–H and O–H groups in total. The summed E-state index contributed by atoms with van der Waals surface area (Å²) in [6.45, 7) is 9.41. The van der Waals surface area contributed by atoms with E-state index in [-0.39, 0.29) is 81.3 Å². The summed E-state index contributed by atoms with van der Waals surface area (Å²) in [5.74, 6) is -3.47. The number of likely N-dealkylation sites (tertiary alicyclic amines) is 2. The molecular weight excluding hydrogens is 1320 g/mol. The van der Waals surface area contributed by atoms with Gasteiger partial charge in [0.05, 0.1) is 50.0 Å². The lowest BCUT2D eigenvalue weighted by molar-refractivity contribution is -0.140. The summed E-state index contributed by atoms with van der Waals surface area (Å²) in [7, 11) is -7.51. The molecule has 4 aromatic carbocycles. The van der Waals surface area contributed by atoms with Crippen molar-refractivity contribution in [3.63, 3.8) is 0 Å². The smallest absolute Gasteiger partial charge is 0.266 e. The van der Waals surface area contributed by atoms with Crippen LogP contribution in [-0.4, -0.2) is 172 Å². The molecule has 4 aliphatic heterocycles. The van der Waals surface area contributed by atoms with Crippen LogP contribution >= 0.6 is 23.2 Å². The Morgan fingerprint density at radius 3 is 1.39 bits per heavy atom. The van der Waals surface area contributed by atoms with Crippen molar-refractivity contribution < 1.29 is 68.3 Å². The van der Waals surface area contributed by atoms with Crippen molar-refractivity contribution in [3.05, 3.63) is 129 Å². The Labute approximate surface area is 568 Å². The first-order valence-electron chi connectivity index (χ1n) is 32.6. The number of benzene rings is 4. The van der Waals surface area contributed by atoms with Crippen LogP contribution in [0.3, 0.4) is 0 Å². The van der Waals surface area contributed by atoms with Gasteiger partial charge in [-0.2, -0.15) is 0 Å². The minimum atomic E-state index is -3.77. The number of halogens is 3. The highest BCUT2D eigenvalue weighted by Gasteiger charge is 2.46. The van der Waals surface area contributed by atoms with E-state index in [0.29, 0.717) is 52.2 Å². The molecule has 520 valence electrons. The molecule has 0 saturated carbocycles. The number of nitrogens with zero attached hydrogens (tertiary/aromatic N) is 4. The number of aryl methyl sites for hydroxylation is 1. The van der Waals surface area contributed by atoms with Crippen LogP contribution < -0.4 is 30.7 Å². The van der Waals surface area contributed by atoms with E-state index in [1.165, 1.54) is 21.9 Å². The highest BCUT2D eigenvalue weighted by atomic mass is 35.5. The third kappa shape index (κ3) is 20.6. The Kier molecular flexibility index (Phi) is 25.7. The lowest BCUT2D eigenvalue weighted by atomic mass is 9.91. The molecule has 4 aliphatic rings. The average Bonchev–Trinajstić information content (AvgIpc) is 1.74. The number of hydrogen-bond acceptors (Lipinski definition) is 18. The SMILES string of the molecule is CC[C@H](NC(=O)[C@@H]1C[C@@H](OCc2ccc(Cl)cc2)CN1C(=O)[C@@H](CCC1CCNCC1)NS(C)(=O)=O)C(=O)c1nc2cc(C)ccc2o1.CC[C@H](NC(=O)[C@@H]1C[C@@H](OCc2ccc(Cl)cc2)CN1C(=O)[C@@H](CCC1CCNCC1)NS(C)(=O)=O)C(=O)c1nc2cc(F)ccc2o1. The normalized spacial score (nSPS) is 20.1. The van der Waals surface area contributed by atoms with Crippen molar-refractivity contribution >= 4 is 101 Å². The molecule has 24 nitrogen and oxygen atoms in total. The van der Waals surface area contributed by atoms with Gasteiger partial charge in [0.15, 0.2) is 11.2 Å². The van der Waals surface area contributed by atoms with Gasteiger partial charge < -0.3 is 49.4 Å². The molecule has 0 unspecified atom stereocenters. The van der Waals surface area contributed by atoms with Crippen LogP contribution in [-0.2, 0) is 61.9 Å². The fourth-order valence-corrected chi connectivity index (χ4v) is 14.4. The predicted octanol–water partition coefficient (Wildman–Crippen LogP) is 7.33. The number of nitrogens with one attached hydrogen (secondary N) is 6. The number of amides is 4. The van der Waals surface area contributed by atoms with E-state index in [2.05, 4.69) is 40.7 Å². The number of ether oxygens (including phenoxy) is 2. The van der Waals surface area contributed by atoms with Crippen LogP contribution in [0.25, 0.3) is 22.2 Å². The summed E-state index contributed by atoms with van der Waals surface area (Å²) < 4.78 is 91.8. The van der Waals surface area contributed by atoms with Gasteiger partial charge in [-0.15, -0.1) is 0 Å². The molecule has 8 atom stereocenters. The number of oxazole rings is 2. The van der Waals surface area contributed by atoms with Crippen molar-refractivity contribution in [1.82, 2.24) is 50.5 Å². The number of carbonyl (C=O) groups is 6. The van der Waals surface area contributed by atoms with Crippen LogP contribution in [0.1, 0.15) is 129 Å². The van der Waals surface area contributed by atoms with Gasteiger partial charge in [-0.05, 0) is 174 Å². The fourth-order valence-electron chi connectivity index (χ4n) is 12.6. The van der Waals surface area contributed by atoms with E-state index < -0.39 is 110 Å². The van der Waals surface area contributed by atoms with Crippen molar-refractivity contribution in [2.45, 2.75) is 159 Å². The Hall–Kier alpha value is -6.79. The standard InChI is InChI=1S/C34H44ClN5O7S.C33H41ClFN5O7S/c1-4-26(31(41)33-38-28-17-21(2)5-12-30(28)47-33)37-32(42)29-18-25(46-20-23-6-9-24(35)10-7-23)19-40(29)34(43)27(39-48(3,44)45)11-8-22-13-15-36-16-14-22;1-3-25(30(41)32-38-27-16-23(35)9-11-29(27)47-32)37-31(42)28-17-24(46-19-21-4-7-22(34)8-5-21)18-40(28)33(43)26(39-48(2,44)45)10-6-20-12-14-36-15-13-20/h5-7,9-10,12,17,22,25-27,29,36,39H,4,8,11,13-16,18-20H2,1-3H3,(H,37,42);4-5,7-9,11,16,20,24-26,28,36,39H,3,6,10,12-15,17-19H2,1-2H3,(H,37,42)/t25-,26+,27-,29+;24-,25+,26-,28+/m11/s1. The van der Waals surface area contributed by atoms with Gasteiger partial charge in [0.2, 0.25) is 55.2 Å². The van der Waals surface area contributed by atoms with Crippen LogP contribution in [0.5, 0.6) is 0 Å². The van der Waals surface area contributed by atoms with Gasteiger partial charge in [0.1, 0.15) is 41.0 Å². The first-order valence-corrected chi connectivity index (χ1v) is 37.2. The Balaban J connectivity index is 0.000000225. The number of rotatable bonds is 28. The summed E-state index contributed by atoms with van der Waals surface area (Å²) in [4.78, 5) is 94.1. The van der Waals surface area contributed by atoms with Gasteiger partial charge in [0.25, 0.3) is 11.8 Å². The van der Waals surface area contributed by atoms with Crippen LogP contribution in [0.4, 0.5) is 4.39 Å². The molecule has 2 aromatic heterocycles. The molecule has 96 heavy (non-hydrogen) atoms. The van der Waals surface area contributed by atoms with Crippen LogP contribution in [0.2, 0.25) is 10.0 Å². The van der Waals surface area contributed by atoms with E-state index in [9.17, 15) is 50.0 Å². The van der Waals surface area contributed by atoms with Crippen molar-refractivity contribution in [1.29, 1.82) is 0 Å². The maximum Gasteiger partial charge on any atom is 0.266 e. The summed E-state index contributed by atoms with van der Waals surface area (Å²) in [5, 5.41) is 13.4. The number of Topliss-reactive ketones (excluding diaryl/α,β-unsaturated/α-hetero) is 2. The lowest BCUT2D eigenvalue weighted by Gasteiger charge is -2.30. The first-order chi connectivity index (χ1) is 45.8. The number of fused-ring (bicyclic) bond motifs is 2. The Morgan fingerprint density at radius 1 is 0.594 bits per heavy atom. The minimum absolute atomic E-state index is 0.0429. The van der Waals surface area contributed by atoms with Crippen molar-refractivity contribution in [2.75, 3.05) is 51.8 Å². The molecule has 10 rings (SSSR count). The third-order valence-corrected chi connectivity index (χ3v) is 19.8. The zero-order chi connectivity index (χ0) is 68.8. The number of ketones is 2. The van der Waals surface area contributed by atoms with Crippen LogP contribution in [0.15, 0.2) is 93.8 Å². The quantitative estimate of drug-likeness (QED) is 0.0262. The van der Waals surface area contributed by atoms with Gasteiger partial charge in [-0.1, -0.05) is 67.4 Å². The molecule has 4 saturated heterocycles. The highest BCUT2D eigenvalue weighted by molar-refractivity contribution is 7.89. The average molecular weight is 1410 g/mol. The second kappa shape index (κ2) is 33.6. The van der Waals surface area contributed by atoms with Crippen LogP contribution in [0, 0.1) is 24.6 Å². The third-order valence-electron chi connectivity index (χ3n) is 17.8. The molecule has 0 aliphatic carbocycles. The summed E-state index contributed by atoms with van der Waals surface area (Å²) in [6.07, 6.45) is 7.31. The van der Waals surface area contributed by atoms with E-state index in [1.54, 1.807) is 44.2 Å². The van der Waals surface area contributed by atoms with Gasteiger partial charge >= 0.3 is 0 Å². The van der Waals surface area contributed by atoms with E-state index in [4.69, 9.17) is 41.5 Å². The summed E-state index contributed by atoms with van der Waals surface area (Å²) in [5.41, 5.74) is 4.08. The topological polar surface area (TPSA) is 320 Å². The minimum Gasteiger partial charge on any atom is -0.434 e. The second-order valence-corrected chi connectivity index (χ2v) is 29.8. The number of sulfonamides is 2. The van der Waals surface area contributed by atoms with Crippen molar-refractivity contribution in [2.24, 2.45) is 11.8 Å². The maximum absolute atomic E-state index is 14.2. The van der Waals surface area contributed by atoms with Gasteiger partial charge in [-0.3, -0.25) is 28.8 Å². The summed E-state index contributed by atoms with van der Waals surface area (Å²) in [6, 6.07) is 17.2. The molecule has 4 amide bonds. The molecule has 0 radical (unpaired) electrons. The summed E-state index contributed by atoms with van der Waals surface area (Å²) >= 11 is 12.0. The van der Waals surface area contributed by atoms with Crippen molar-refractivity contribution in [3.8, 4) is 0 Å². The molecule has 4 fully saturated rings. The fraction of sp³-hybridized carbons (Fsp3) is 0.522. The number of carbonyl (C=O) groups excluding carboxylic acids is 6. The number of aromatic nitrogens is 2. The maximum atomic E-state index is 14.2. The second-order valence-electron chi connectivity index (χ2n) is 25.3. The highest BCUT2D eigenvalue weighted by Crippen LogP contribution is 2.30. The number of piperidine rings is 2.